The lowest BCUT2D eigenvalue weighted by Crippen LogP contribution is -2.18. The van der Waals surface area contributed by atoms with Crippen LogP contribution in [-0.4, -0.2) is 0 Å². The maximum Gasteiger partial charge on any atom is 0.423 e. The molecule has 0 atom stereocenters. The minimum Gasteiger partial charge on any atom is -0.463 e. The van der Waals surface area contributed by atoms with Gasteiger partial charge in [-0.2, -0.15) is 13.2 Å². The Hall–Kier alpha value is -1.78. The summed E-state index contributed by atoms with van der Waals surface area (Å²) in [6, 6.07) is 4.72. The third-order valence-electron chi connectivity index (χ3n) is 2.77. The van der Waals surface area contributed by atoms with Crippen LogP contribution in [-0.2, 0) is 6.18 Å². The standard InChI is InChI=1S/C13H11F3O2/c1-7(2)8-3-4-11-9(5-8)12(17)10(6-18-11)13(14,15)16/h3-7H,1-2H3. The predicted molar refractivity (Wildman–Crippen MR) is 61.6 cm³/mol. The molecule has 0 radical (unpaired) electrons. The molecule has 0 unspecified atom stereocenters. The summed E-state index contributed by atoms with van der Waals surface area (Å²) in [6.07, 6.45) is -4.22. The number of fused-ring (bicyclic) bond motifs is 1. The first-order valence-corrected chi connectivity index (χ1v) is 5.43. The normalized spacial score (nSPS) is 12.3. The van der Waals surface area contributed by atoms with Gasteiger partial charge in [-0.1, -0.05) is 19.9 Å². The lowest BCUT2D eigenvalue weighted by Gasteiger charge is -2.08. The van der Waals surface area contributed by atoms with E-state index in [0.717, 1.165) is 5.56 Å². The van der Waals surface area contributed by atoms with Crippen LogP contribution in [0.25, 0.3) is 11.0 Å². The SMILES string of the molecule is CC(C)c1ccc2occ(C(F)(F)F)c(=O)c2c1. The van der Waals surface area contributed by atoms with Crippen LogP contribution in [0.1, 0.15) is 30.9 Å². The molecule has 96 valence electrons. The Bertz CT molecular complexity index is 639. The number of rotatable bonds is 1. The van der Waals surface area contributed by atoms with E-state index < -0.39 is 17.2 Å². The highest BCUT2D eigenvalue weighted by Gasteiger charge is 2.35. The van der Waals surface area contributed by atoms with Crippen molar-refractivity contribution in [3.8, 4) is 0 Å². The maximum absolute atomic E-state index is 12.6. The van der Waals surface area contributed by atoms with Gasteiger partial charge in [0, 0.05) is 0 Å². The van der Waals surface area contributed by atoms with Crippen LogP contribution < -0.4 is 5.43 Å². The second kappa shape index (κ2) is 4.15. The fourth-order valence-electron chi connectivity index (χ4n) is 1.70. The second-order valence-corrected chi connectivity index (χ2v) is 4.39. The first-order chi connectivity index (χ1) is 8.30. The molecule has 1 aromatic carbocycles. The monoisotopic (exact) mass is 256 g/mol. The van der Waals surface area contributed by atoms with Gasteiger partial charge in [0.1, 0.15) is 17.4 Å². The third kappa shape index (κ3) is 2.12. The second-order valence-electron chi connectivity index (χ2n) is 4.39. The summed E-state index contributed by atoms with van der Waals surface area (Å²) in [5.74, 6) is 0.128. The minimum atomic E-state index is -4.69. The number of halogens is 3. The van der Waals surface area contributed by atoms with Gasteiger partial charge < -0.3 is 4.42 Å². The van der Waals surface area contributed by atoms with Crippen molar-refractivity contribution in [3.05, 3.63) is 45.8 Å². The summed E-state index contributed by atoms with van der Waals surface area (Å²) in [5, 5.41) is -0.0315. The molecule has 2 aromatic rings. The molecule has 1 aromatic heterocycles. The Balaban J connectivity index is 2.76. The number of alkyl halides is 3. The van der Waals surface area contributed by atoms with E-state index in [1.54, 1.807) is 6.07 Å². The zero-order valence-corrected chi connectivity index (χ0v) is 9.84. The van der Waals surface area contributed by atoms with Crippen molar-refractivity contribution in [3.63, 3.8) is 0 Å². The van der Waals surface area contributed by atoms with Crippen molar-refractivity contribution in [1.29, 1.82) is 0 Å². The van der Waals surface area contributed by atoms with E-state index in [1.807, 2.05) is 13.8 Å². The highest BCUT2D eigenvalue weighted by atomic mass is 19.4. The fourth-order valence-corrected chi connectivity index (χ4v) is 1.70. The van der Waals surface area contributed by atoms with Crippen molar-refractivity contribution >= 4 is 11.0 Å². The molecule has 0 saturated heterocycles. The molecule has 5 heteroatoms. The van der Waals surface area contributed by atoms with Crippen molar-refractivity contribution in [1.82, 2.24) is 0 Å². The van der Waals surface area contributed by atoms with Gasteiger partial charge in [0.25, 0.3) is 0 Å². The Labute approximate surface area is 101 Å². The van der Waals surface area contributed by atoms with Crippen LogP contribution in [0.5, 0.6) is 0 Å². The smallest absolute Gasteiger partial charge is 0.423 e. The largest absolute Gasteiger partial charge is 0.463 e. The van der Waals surface area contributed by atoms with Crippen LogP contribution in [0.4, 0.5) is 13.2 Å². The van der Waals surface area contributed by atoms with E-state index in [-0.39, 0.29) is 16.9 Å². The average molecular weight is 256 g/mol. The molecule has 0 fully saturated rings. The van der Waals surface area contributed by atoms with Crippen LogP contribution in [0.3, 0.4) is 0 Å². The predicted octanol–water partition coefficient (Wildman–Crippen LogP) is 3.94. The topological polar surface area (TPSA) is 30.2 Å². The van der Waals surface area contributed by atoms with Gasteiger partial charge >= 0.3 is 6.18 Å². The van der Waals surface area contributed by atoms with E-state index in [4.69, 9.17) is 4.42 Å². The maximum atomic E-state index is 12.6. The first-order valence-electron chi connectivity index (χ1n) is 5.43. The third-order valence-corrected chi connectivity index (χ3v) is 2.77. The molecule has 2 nitrogen and oxygen atoms in total. The summed E-state index contributed by atoms with van der Waals surface area (Å²) in [6.45, 7) is 3.80. The zero-order chi connectivity index (χ0) is 13.5. The van der Waals surface area contributed by atoms with Gasteiger partial charge in [0.15, 0.2) is 0 Å². The first kappa shape index (κ1) is 12.7. The van der Waals surface area contributed by atoms with Crippen LogP contribution in [0.2, 0.25) is 0 Å². The molecule has 0 aliphatic rings. The van der Waals surface area contributed by atoms with Crippen LogP contribution in [0.15, 0.2) is 33.7 Å². The summed E-state index contributed by atoms with van der Waals surface area (Å²) in [5.41, 5.74) is -1.34. The van der Waals surface area contributed by atoms with Crippen molar-refractivity contribution in [2.75, 3.05) is 0 Å². The molecule has 0 saturated carbocycles. The molecule has 0 aliphatic carbocycles. The zero-order valence-electron chi connectivity index (χ0n) is 9.84. The van der Waals surface area contributed by atoms with Gasteiger partial charge in [-0.3, -0.25) is 4.79 Å². The molecule has 0 bridgehead atoms. The fraction of sp³-hybridized carbons (Fsp3) is 0.308. The van der Waals surface area contributed by atoms with E-state index >= 15 is 0 Å². The lowest BCUT2D eigenvalue weighted by molar-refractivity contribution is -0.139. The van der Waals surface area contributed by atoms with Gasteiger partial charge in [-0.25, -0.2) is 0 Å². The van der Waals surface area contributed by atoms with Gasteiger partial charge in [-0.05, 0) is 23.6 Å². The van der Waals surface area contributed by atoms with Crippen LogP contribution >= 0.6 is 0 Å². The van der Waals surface area contributed by atoms with Gasteiger partial charge in [0.05, 0.1) is 5.39 Å². The molecule has 0 aliphatic heterocycles. The highest BCUT2D eigenvalue weighted by Crippen LogP contribution is 2.28. The van der Waals surface area contributed by atoms with Crippen molar-refractivity contribution < 1.29 is 17.6 Å². The molecule has 0 spiro atoms. The minimum absolute atomic E-state index is 0.0315. The van der Waals surface area contributed by atoms with E-state index in [2.05, 4.69) is 0 Å². The molecular formula is C13H11F3O2. The molecule has 18 heavy (non-hydrogen) atoms. The Kier molecular flexibility index (Phi) is 2.92. The van der Waals surface area contributed by atoms with Crippen molar-refractivity contribution in [2.45, 2.75) is 25.9 Å². The summed E-state index contributed by atoms with van der Waals surface area (Å²) in [7, 11) is 0. The van der Waals surface area contributed by atoms with Gasteiger partial charge in [-0.15, -0.1) is 0 Å². The lowest BCUT2D eigenvalue weighted by atomic mass is 10.0. The van der Waals surface area contributed by atoms with E-state index in [9.17, 15) is 18.0 Å². The summed E-state index contributed by atoms with van der Waals surface area (Å²) >= 11 is 0. The molecule has 0 N–H and O–H groups in total. The number of hydrogen-bond acceptors (Lipinski definition) is 2. The molecule has 2 rings (SSSR count). The molecule has 0 amide bonds. The average Bonchev–Trinajstić information content (AvgIpc) is 2.27. The molecule has 1 heterocycles. The van der Waals surface area contributed by atoms with E-state index in [1.165, 1.54) is 12.1 Å². The highest BCUT2D eigenvalue weighted by molar-refractivity contribution is 5.77. The van der Waals surface area contributed by atoms with E-state index in [0.29, 0.717) is 6.26 Å². The Morgan fingerprint density at radius 3 is 2.44 bits per heavy atom. The Morgan fingerprint density at radius 1 is 1.22 bits per heavy atom. The summed E-state index contributed by atoms with van der Waals surface area (Å²) in [4.78, 5) is 11.8. The number of benzene rings is 1. The quantitative estimate of drug-likeness (QED) is 0.773. The van der Waals surface area contributed by atoms with Crippen molar-refractivity contribution in [2.24, 2.45) is 0 Å². The number of hydrogen-bond donors (Lipinski definition) is 0. The van der Waals surface area contributed by atoms with Crippen LogP contribution in [0, 0.1) is 0 Å². The van der Waals surface area contributed by atoms with Gasteiger partial charge in [0.2, 0.25) is 5.43 Å². The summed E-state index contributed by atoms with van der Waals surface area (Å²) < 4.78 is 42.6. The molecular weight excluding hydrogens is 245 g/mol. The Morgan fingerprint density at radius 2 is 1.89 bits per heavy atom.